The van der Waals surface area contributed by atoms with Gasteiger partial charge in [0, 0.05) is 13.1 Å². The molecular weight excluding hydrogens is 331 g/mol. The van der Waals surface area contributed by atoms with Crippen molar-refractivity contribution in [2.75, 3.05) is 20.2 Å². The number of benzene rings is 1. The van der Waals surface area contributed by atoms with Crippen molar-refractivity contribution < 1.29 is 18.4 Å². The maximum atomic E-state index is 12.8. The normalized spacial score (nSPS) is 10.6. The fourth-order valence-corrected chi connectivity index (χ4v) is 2.71. The number of nitrogens with zero attached hydrogens (tertiary/aromatic N) is 2. The minimum absolute atomic E-state index is 0.246. The predicted molar refractivity (Wildman–Crippen MR) is 88.7 cm³/mol. The fourth-order valence-electron chi connectivity index (χ4n) is 2.04. The molecule has 0 saturated heterocycles. The highest BCUT2D eigenvalue weighted by Crippen LogP contribution is 2.25. The zero-order valence-electron chi connectivity index (χ0n) is 12.9. The number of hydrogen-bond acceptors (Lipinski definition) is 5. The second-order valence-electron chi connectivity index (χ2n) is 5.08. The van der Waals surface area contributed by atoms with Crippen molar-refractivity contribution in [3.63, 3.8) is 0 Å². The van der Waals surface area contributed by atoms with Gasteiger partial charge in [0.2, 0.25) is 0 Å². The molecular formula is C17H15FN2O3S. The molecule has 0 aliphatic carbocycles. The summed E-state index contributed by atoms with van der Waals surface area (Å²) in [6.07, 6.45) is 0. The van der Waals surface area contributed by atoms with Crippen molar-refractivity contribution in [3.05, 3.63) is 59.4 Å². The highest BCUT2D eigenvalue weighted by atomic mass is 32.1. The molecule has 0 spiro atoms. The maximum absolute atomic E-state index is 12.8. The summed E-state index contributed by atoms with van der Waals surface area (Å²) >= 11 is 1.52. The Morgan fingerprint density at radius 3 is 2.83 bits per heavy atom. The molecule has 0 aliphatic rings. The van der Waals surface area contributed by atoms with Crippen LogP contribution in [0.3, 0.4) is 0 Å². The molecule has 0 bridgehead atoms. The number of thiophene rings is 1. The van der Waals surface area contributed by atoms with Gasteiger partial charge in [-0.15, -0.1) is 11.3 Å². The van der Waals surface area contributed by atoms with Crippen LogP contribution >= 0.6 is 11.3 Å². The van der Waals surface area contributed by atoms with E-state index in [4.69, 9.17) is 9.26 Å². The van der Waals surface area contributed by atoms with E-state index in [-0.39, 0.29) is 17.4 Å². The van der Waals surface area contributed by atoms with Crippen molar-refractivity contribution in [2.24, 2.45) is 0 Å². The first-order valence-corrected chi connectivity index (χ1v) is 8.16. The number of hydrogen-bond donors (Lipinski definition) is 0. The number of ether oxygens (including phenoxy) is 1. The second kappa shape index (κ2) is 7.27. The van der Waals surface area contributed by atoms with Gasteiger partial charge in [0.15, 0.2) is 11.5 Å². The van der Waals surface area contributed by atoms with Crippen LogP contribution < -0.4 is 4.74 Å². The molecule has 7 heteroatoms. The largest absolute Gasteiger partial charge is 0.492 e. The van der Waals surface area contributed by atoms with E-state index >= 15 is 0 Å². The Morgan fingerprint density at radius 2 is 2.12 bits per heavy atom. The van der Waals surface area contributed by atoms with Crippen molar-refractivity contribution in [2.45, 2.75) is 0 Å². The quantitative estimate of drug-likeness (QED) is 0.683. The summed E-state index contributed by atoms with van der Waals surface area (Å²) < 4.78 is 23.5. The summed E-state index contributed by atoms with van der Waals surface area (Å²) in [7, 11) is 1.66. The highest BCUT2D eigenvalue weighted by Gasteiger charge is 2.18. The number of carbonyl (C=O) groups is 1. The number of carbonyl (C=O) groups excluding carboxylic acids is 1. The Bertz CT molecular complexity index is 800. The fraction of sp³-hybridized carbons (Fsp3) is 0.176. The predicted octanol–water partition coefficient (Wildman–Crippen LogP) is 3.69. The van der Waals surface area contributed by atoms with Gasteiger partial charge < -0.3 is 14.2 Å². The molecule has 0 aliphatic heterocycles. The average Bonchev–Trinajstić information content (AvgIpc) is 3.27. The average molecular weight is 346 g/mol. The van der Waals surface area contributed by atoms with Crippen LogP contribution in [0.15, 0.2) is 52.4 Å². The van der Waals surface area contributed by atoms with Crippen LogP contribution in [0, 0.1) is 5.82 Å². The molecule has 0 fully saturated rings. The van der Waals surface area contributed by atoms with Gasteiger partial charge in [-0.25, -0.2) is 4.39 Å². The van der Waals surface area contributed by atoms with Crippen LogP contribution in [0.4, 0.5) is 4.39 Å². The van der Waals surface area contributed by atoms with E-state index in [9.17, 15) is 9.18 Å². The standard InChI is InChI=1S/C17H15FN2O3S/c1-20(8-9-22-13-6-4-12(18)5-7-13)17(21)14-11-15(23-19-14)16-3-2-10-24-16/h2-7,10-11H,8-9H2,1H3. The monoisotopic (exact) mass is 346 g/mol. The van der Waals surface area contributed by atoms with Gasteiger partial charge in [-0.1, -0.05) is 11.2 Å². The van der Waals surface area contributed by atoms with Crippen molar-refractivity contribution in [1.82, 2.24) is 10.1 Å². The molecule has 3 rings (SSSR count). The van der Waals surface area contributed by atoms with Crippen LogP contribution in [0.1, 0.15) is 10.5 Å². The summed E-state index contributed by atoms with van der Waals surface area (Å²) in [6.45, 7) is 0.668. The van der Waals surface area contributed by atoms with Crippen LogP contribution in [-0.2, 0) is 0 Å². The molecule has 5 nitrogen and oxygen atoms in total. The summed E-state index contributed by atoms with van der Waals surface area (Å²) in [4.78, 5) is 14.7. The third-order valence-electron chi connectivity index (χ3n) is 3.35. The van der Waals surface area contributed by atoms with Gasteiger partial charge in [0.1, 0.15) is 18.2 Å². The molecule has 124 valence electrons. The van der Waals surface area contributed by atoms with E-state index in [0.717, 1.165) is 4.88 Å². The Balaban J connectivity index is 1.54. The van der Waals surface area contributed by atoms with E-state index in [0.29, 0.717) is 24.7 Å². The lowest BCUT2D eigenvalue weighted by Gasteiger charge is -2.15. The number of rotatable bonds is 6. The number of likely N-dealkylation sites (N-methyl/N-ethyl adjacent to an activating group) is 1. The first-order chi connectivity index (χ1) is 11.6. The minimum Gasteiger partial charge on any atom is -0.492 e. The Morgan fingerprint density at radius 1 is 1.33 bits per heavy atom. The van der Waals surface area contributed by atoms with E-state index in [1.807, 2.05) is 17.5 Å². The van der Waals surface area contributed by atoms with Crippen LogP contribution in [0.5, 0.6) is 5.75 Å². The first kappa shape index (κ1) is 16.2. The summed E-state index contributed by atoms with van der Waals surface area (Å²) in [5, 5.41) is 5.76. The zero-order chi connectivity index (χ0) is 16.9. The molecule has 0 radical (unpaired) electrons. The van der Waals surface area contributed by atoms with Crippen LogP contribution in [-0.4, -0.2) is 36.2 Å². The summed E-state index contributed by atoms with van der Waals surface area (Å²) in [5.74, 6) is 0.564. The molecule has 0 atom stereocenters. The van der Waals surface area contributed by atoms with Gasteiger partial charge in [-0.05, 0) is 35.7 Å². The minimum atomic E-state index is -0.317. The molecule has 1 aromatic carbocycles. The lowest BCUT2D eigenvalue weighted by atomic mass is 10.3. The van der Waals surface area contributed by atoms with E-state index < -0.39 is 0 Å². The molecule has 0 saturated carbocycles. The Kier molecular flexibility index (Phi) is 4.90. The van der Waals surface area contributed by atoms with E-state index in [1.165, 1.54) is 28.4 Å². The van der Waals surface area contributed by atoms with Crippen molar-refractivity contribution in [3.8, 4) is 16.4 Å². The summed E-state index contributed by atoms with van der Waals surface area (Å²) in [5.41, 5.74) is 0.252. The number of amides is 1. The number of aromatic nitrogens is 1. The van der Waals surface area contributed by atoms with E-state index in [1.54, 1.807) is 25.2 Å². The van der Waals surface area contributed by atoms with Gasteiger partial charge in [0.05, 0.1) is 11.4 Å². The molecule has 2 aromatic heterocycles. The van der Waals surface area contributed by atoms with Crippen molar-refractivity contribution >= 4 is 17.2 Å². The Labute approximate surface area is 142 Å². The van der Waals surface area contributed by atoms with Gasteiger partial charge >= 0.3 is 0 Å². The molecule has 2 heterocycles. The molecule has 0 unspecified atom stereocenters. The summed E-state index contributed by atoms with van der Waals surface area (Å²) in [6, 6.07) is 11.2. The number of halogens is 1. The van der Waals surface area contributed by atoms with E-state index in [2.05, 4.69) is 5.16 Å². The smallest absolute Gasteiger partial charge is 0.275 e. The third kappa shape index (κ3) is 3.80. The third-order valence-corrected chi connectivity index (χ3v) is 4.23. The molecule has 1 amide bonds. The molecule has 24 heavy (non-hydrogen) atoms. The van der Waals surface area contributed by atoms with Crippen molar-refractivity contribution in [1.29, 1.82) is 0 Å². The SMILES string of the molecule is CN(CCOc1ccc(F)cc1)C(=O)c1cc(-c2cccs2)on1. The lowest BCUT2D eigenvalue weighted by Crippen LogP contribution is -2.31. The topological polar surface area (TPSA) is 55.6 Å². The molecule has 0 N–H and O–H groups in total. The lowest BCUT2D eigenvalue weighted by molar-refractivity contribution is 0.0763. The van der Waals surface area contributed by atoms with Gasteiger partial charge in [0.25, 0.3) is 5.91 Å². The molecule has 3 aromatic rings. The first-order valence-electron chi connectivity index (χ1n) is 7.28. The van der Waals surface area contributed by atoms with Crippen LogP contribution in [0.2, 0.25) is 0 Å². The second-order valence-corrected chi connectivity index (χ2v) is 6.03. The zero-order valence-corrected chi connectivity index (χ0v) is 13.8. The van der Waals surface area contributed by atoms with Crippen LogP contribution in [0.25, 0.3) is 10.6 Å². The Hall–Kier alpha value is -2.67. The van der Waals surface area contributed by atoms with Gasteiger partial charge in [-0.3, -0.25) is 4.79 Å². The highest BCUT2D eigenvalue weighted by molar-refractivity contribution is 7.13. The maximum Gasteiger partial charge on any atom is 0.275 e. The van der Waals surface area contributed by atoms with Gasteiger partial charge in [-0.2, -0.15) is 0 Å².